The fourth-order valence-corrected chi connectivity index (χ4v) is 2.34. The van der Waals surface area contributed by atoms with Crippen LogP contribution in [0.3, 0.4) is 0 Å². The summed E-state index contributed by atoms with van der Waals surface area (Å²) < 4.78 is 10.6. The first-order chi connectivity index (χ1) is 12.7. The quantitative estimate of drug-likeness (QED) is 0.662. The highest BCUT2D eigenvalue weighted by Gasteiger charge is 2.04. The van der Waals surface area contributed by atoms with Crippen LogP contribution in [0.15, 0.2) is 78.9 Å². The van der Waals surface area contributed by atoms with Crippen molar-refractivity contribution in [1.29, 1.82) is 0 Å². The average Bonchev–Trinajstić information content (AvgIpc) is 2.69. The van der Waals surface area contributed by atoms with Gasteiger partial charge >= 0.3 is 0 Å². The van der Waals surface area contributed by atoms with Crippen LogP contribution in [0, 0.1) is 0 Å². The van der Waals surface area contributed by atoms with Crippen molar-refractivity contribution in [1.82, 2.24) is 0 Å². The van der Waals surface area contributed by atoms with Crippen LogP contribution in [-0.4, -0.2) is 19.6 Å². The summed E-state index contributed by atoms with van der Waals surface area (Å²) in [5, 5.41) is 6.07. The van der Waals surface area contributed by atoms with Crippen molar-refractivity contribution < 1.29 is 14.3 Å². The van der Waals surface area contributed by atoms with E-state index < -0.39 is 0 Å². The van der Waals surface area contributed by atoms with Gasteiger partial charge in [0.15, 0.2) is 6.61 Å². The van der Waals surface area contributed by atoms with Gasteiger partial charge in [-0.15, -0.1) is 0 Å². The summed E-state index contributed by atoms with van der Waals surface area (Å²) in [5.41, 5.74) is 2.66. The Morgan fingerprint density at radius 2 is 1.35 bits per heavy atom. The molecule has 0 aromatic heterocycles. The number of hydrogen-bond donors (Lipinski definition) is 2. The molecule has 3 rings (SSSR count). The highest BCUT2D eigenvalue weighted by molar-refractivity contribution is 5.91. The van der Waals surface area contributed by atoms with Gasteiger partial charge in [0.2, 0.25) is 0 Å². The van der Waals surface area contributed by atoms with Crippen molar-refractivity contribution in [2.24, 2.45) is 0 Å². The van der Waals surface area contributed by atoms with Crippen LogP contribution in [0.5, 0.6) is 11.5 Å². The number of anilines is 3. The number of carbonyl (C=O) groups is 1. The lowest BCUT2D eigenvalue weighted by atomic mass is 10.2. The first-order valence-corrected chi connectivity index (χ1v) is 8.22. The van der Waals surface area contributed by atoms with Gasteiger partial charge < -0.3 is 20.1 Å². The van der Waals surface area contributed by atoms with E-state index in [0.29, 0.717) is 11.4 Å². The average molecular weight is 348 g/mol. The molecule has 0 unspecified atom stereocenters. The molecule has 5 nitrogen and oxygen atoms in total. The van der Waals surface area contributed by atoms with Crippen LogP contribution in [-0.2, 0) is 4.79 Å². The molecule has 3 aromatic carbocycles. The summed E-state index contributed by atoms with van der Waals surface area (Å²) in [6, 6.07) is 24.5. The number of nitrogens with one attached hydrogen (secondary N) is 2. The molecule has 0 bridgehead atoms. The topological polar surface area (TPSA) is 59.6 Å². The van der Waals surface area contributed by atoms with Gasteiger partial charge in [-0.25, -0.2) is 0 Å². The molecular formula is C21H20N2O3. The predicted molar refractivity (Wildman–Crippen MR) is 103 cm³/mol. The largest absolute Gasteiger partial charge is 0.497 e. The van der Waals surface area contributed by atoms with Gasteiger partial charge in [-0.2, -0.15) is 0 Å². The van der Waals surface area contributed by atoms with E-state index in [4.69, 9.17) is 9.47 Å². The molecule has 1 amide bonds. The third kappa shape index (κ3) is 5.01. The first-order valence-electron chi connectivity index (χ1n) is 8.22. The molecule has 0 aliphatic carbocycles. The highest BCUT2D eigenvalue weighted by Crippen LogP contribution is 2.20. The summed E-state index contributed by atoms with van der Waals surface area (Å²) in [7, 11) is 1.60. The smallest absolute Gasteiger partial charge is 0.262 e. The Bertz CT molecular complexity index is 831. The van der Waals surface area contributed by atoms with Gasteiger partial charge in [-0.05, 0) is 60.7 Å². The third-order valence-electron chi connectivity index (χ3n) is 3.66. The second-order valence-electron chi connectivity index (χ2n) is 5.58. The second-order valence-corrected chi connectivity index (χ2v) is 5.58. The minimum atomic E-state index is -0.221. The monoisotopic (exact) mass is 348 g/mol. The summed E-state index contributed by atoms with van der Waals surface area (Å²) in [6.07, 6.45) is 0. The summed E-state index contributed by atoms with van der Waals surface area (Å²) in [4.78, 5) is 12.0. The van der Waals surface area contributed by atoms with Crippen molar-refractivity contribution in [3.05, 3.63) is 78.9 Å². The van der Waals surface area contributed by atoms with Crippen molar-refractivity contribution in [2.45, 2.75) is 0 Å². The van der Waals surface area contributed by atoms with E-state index in [-0.39, 0.29) is 12.5 Å². The minimum absolute atomic E-state index is 0.0580. The fraction of sp³-hybridized carbons (Fsp3) is 0.0952. The Morgan fingerprint density at radius 3 is 2.00 bits per heavy atom. The van der Waals surface area contributed by atoms with Crippen molar-refractivity contribution in [3.8, 4) is 11.5 Å². The van der Waals surface area contributed by atoms with Gasteiger partial charge in [0, 0.05) is 17.1 Å². The molecule has 0 fully saturated rings. The summed E-state index contributed by atoms with van der Waals surface area (Å²) in [5.74, 6) is 1.15. The van der Waals surface area contributed by atoms with Gasteiger partial charge in [0.25, 0.3) is 5.91 Å². The molecule has 0 aliphatic heterocycles. The number of benzene rings is 3. The number of methoxy groups -OCH3 is 1. The summed E-state index contributed by atoms with van der Waals surface area (Å²) in [6.45, 7) is -0.0580. The number of carbonyl (C=O) groups excluding carboxylic acids is 1. The number of para-hydroxylation sites is 1. The summed E-state index contributed by atoms with van der Waals surface area (Å²) >= 11 is 0. The van der Waals surface area contributed by atoms with Gasteiger partial charge in [0.05, 0.1) is 7.11 Å². The molecule has 0 saturated carbocycles. The lowest BCUT2D eigenvalue weighted by Crippen LogP contribution is -2.20. The van der Waals surface area contributed by atoms with Crippen LogP contribution in [0.1, 0.15) is 0 Å². The maximum absolute atomic E-state index is 12.0. The number of rotatable bonds is 7. The Labute approximate surface area is 152 Å². The second kappa shape index (κ2) is 8.58. The number of amides is 1. The highest BCUT2D eigenvalue weighted by atomic mass is 16.5. The zero-order chi connectivity index (χ0) is 18.2. The molecule has 0 saturated heterocycles. The molecule has 5 heteroatoms. The van der Waals surface area contributed by atoms with Crippen molar-refractivity contribution in [3.63, 3.8) is 0 Å². The van der Waals surface area contributed by atoms with Gasteiger partial charge in [0.1, 0.15) is 11.5 Å². The number of hydrogen-bond acceptors (Lipinski definition) is 4. The van der Waals surface area contributed by atoms with Crippen LogP contribution in [0.2, 0.25) is 0 Å². The number of ether oxygens (including phenoxy) is 2. The molecular weight excluding hydrogens is 328 g/mol. The third-order valence-corrected chi connectivity index (χ3v) is 3.66. The normalized spacial score (nSPS) is 10.0. The molecule has 0 radical (unpaired) electrons. The molecule has 132 valence electrons. The maximum atomic E-state index is 12.0. The lowest BCUT2D eigenvalue weighted by molar-refractivity contribution is -0.118. The van der Waals surface area contributed by atoms with Crippen LogP contribution in [0.4, 0.5) is 17.1 Å². The minimum Gasteiger partial charge on any atom is -0.497 e. The van der Waals surface area contributed by atoms with Crippen molar-refractivity contribution in [2.75, 3.05) is 24.4 Å². The van der Waals surface area contributed by atoms with E-state index in [1.54, 1.807) is 31.4 Å². The molecule has 0 spiro atoms. The molecule has 0 atom stereocenters. The molecule has 0 aliphatic rings. The molecule has 0 heterocycles. The van der Waals surface area contributed by atoms with E-state index in [1.165, 1.54) is 0 Å². The van der Waals surface area contributed by atoms with E-state index in [9.17, 15) is 4.79 Å². The van der Waals surface area contributed by atoms with Crippen LogP contribution >= 0.6 is 0 Å². The van der Waals surface area contributed by atoms with E-state index in [2.05, 4.69) is 10.6 Å². The van der Waals surface area contributed by atoms with Crippen LogP contribution < -0.4 is 20.1 Å². The molecule has 3 aromatic rings. The van der Waals surface area contributed by atoms with E-state index in [0.717, 1.165) is 17.1 Å². The Balaban J connectivity index is 1.48. The van der Waals surface area contributed by atoms with Crippen LogP contribution in [0.25, 0.3) is 0 Å². The van der Waals surface area contributed by atoms with Gasteiger partial charge in [-0.3, -0.25) is 4.79 Å². The Hall–Kier alpha value is -3.47. The van der Waals surface area contributed by atoms with E-state index in [1.807, 2.05) is 54.6 Å². The van der Waals surface area contributed by atoms with E-state index >= 15 is 0 Å². The van der Waals surface area contributed by atoms with Crippen molar-refractivity contribution >= 4 is 23.0 Å². The standard InChI is InChI=1S/C21H20N2O3/c1-25-19-11-7-18(8-12-19)23-21(24)15-26-20-13-9-17(10-14-20)22-16-5-3-2-4-6-16/h2-14,22H,15H2,1H3,(H,23,24). The fourth-order valence-electron chi connectivity index (χ4n) is 2.34. The van der Waals surface area contributed by atoms with Gasteiger partial charge in [-0.1, -0.05) is 18.2 Å². The SMILES string of the molecule is COc1ccc(NC(=O)COc2ccc(Nc3ccccc3)cc2)cc1. The zero-order valence-corrected chi connectivity index (χ0v) is 14.4. The predicted octanol–water partition coefficient (Wildman–Crippen LogP) is 4.46. The molecule has 2 N–H and O–H groups in total. The maximum Gasteiger partial charge on any atom is 0.262 e. The Kier molecular flexibility index (Phi) is 5.72. The first kappa shape index (κ1) is 17.4. The lowest BCUT2D eigenvalue weighted by Gasteiger charge is -2.10. The Morgan fingerprint density at radius 1 is 0.769 bits per heavy atom. The zero-order valence-electron chi connectivity index (χ0n) is 14.4. The molecule has 26 heavy (non-hydrogen) atoms.